The van der Waals surface area contributed by atoms with Crippen molar-refractivity contribution in [2.24, 2.45) is 5.92 Å². The van der Waals surface area contributed by atoms with E-state index < -0.39 is 10.0 Å². The zero-order valence-corrected chi connectivity index (χ0v) is 11.9. The van der Waals surface area contributed by atoms with Crippen molar-refractivity contribution in [1.29, 1.82) is 5.26 Å². The molecule has 0 atom stereocenters. The van der Waals surface area contributed by atoms with E-state index in [0.717, 1.165) is 19.3 Å². The highest BCUT2D eigenvalue weighted by Crippen LogP contribution is 2.25. The molecule has 0 amide bonds. The molecule has 1 aromatic carbocycles. The molecule has 0 N–H and O–H groups in total. The summed E-state index contributed by atoms with van der Waals surface area (Å²) in [6.07, 6.45) is 2.99. The van der Waals surface area contributed by atoms with Crippen LogP contribution in [0.15, 0.2) is 29.2 Å². The summed E-state index contributed by atoms with van der Waals surface area (Å²) in [5, 5.41) is 8.73. The standard InChI is InChI=1S/C14H18N2O2S/c1-2-12-7-9-16(10-8-12)19(17,18)14-5-3-13(11-15)4-6-14/h3-6,12H,2,7-10H2,1H3. The number of hydrogen-bond donors (Lipinski definition) is 0. The number of nitriles is 1. The molecule has 1 aliphatic rings. The summed E-state index contributed by atoms with van der Waals surface area (Å²) in [4.78, 5) is 0.279. The number of rotatable bonds is 3. The van der Waals surface area contributed by atoms with E-state index >= 15 is 0 Å². The molecule has 1 fully saturated rings. The van der Waals surface area contributed by atoms with Crippen LogP contribution in [0.1, 0.15) is 31.7 Å². The van der Waals surface area contributed by atoms with Gasteiger partial charge in [-0.15, -0.1) is 0 Å². The van der Waals surface area contributed by atoms with E-state index in [1.807, 2.05) is 6.07 Å². The molecule has 0 saturated carbocycles. The highest BCUT2D eigenvalue weighted by Gasteiger charge is 2.28. The second-order valence-corrected chi connectivity index (χ2v) is 6.83. The number of sulfonamides is 1. The molecular formula is C14H18N2O2S. The first-order valence-corrected chi connectivity index (χ1v) is 8.02. The molecule has 2 rings (SSSR count). The van der Waals surface area contributed by atoms with E-state index in [2.05, 4.69) is 6.92 Å². The van der Waals surface area contributed by atoms with Crippen LogP contribution < -0.4 is 0 Å². The second-order valence-electron chi connectivity index (χ2n) is 4.89. The molecule has 0 aromatic heterocycles. The molecule has 0 aliphatic carbocycles. The van der Waals surface area contributed by atoms with Crippen molar-refractivity contribution in [1.82, 2.24) is 4.31 Å². The quantitative estimate of drug-likeness (QED) is 0.852. The molecular weight excluding hydrogens is 260 g/mol. The van der Waals surface area contributed by atoms with Crippen molar-refractivity contribution in [2.75, 3.05) is 13.1 Å². The molecule has 0 bridgehead atoms. The zero-order chi connectivity index (χ0) is 13.9. The summed E-state index contributed by atoms with van der Waals surface area (Å²) in [5.41, 5.74) is 0.476. The average Bonchev–Trinajstić information content (AvgIpc) is 2.47. The fourth-order valence-electron chi connectivity index (χ4n) is 2.41. The number of piperidine rings is 1. The average molecular weight is 278 g/mol. The molecule has 1 aromatic rings. The van der Waals surface area contributed by atoms with E-state index in [-0.39, 0.29) is 4.90 Å². The Labute approximate surface area is 114 Å². The van der Waals surface area contributed by atoms with Crippen LogP contribution in [0.4, 0.5) is 0 Å². The lowest BCUT2D eigenvalue weighted by atomic mass is 9.96. The first-order valence-electron chi connectivity index (χ1n) is 6.58. The first kappa shape index (κ1) is 14.0. The SMILES string of the molecule is CCC1CCN(S(=O)(=O)c2ccc(C#N)cc2)CC1. The number of hydrogen-bond acceptors (Lipinski definition) is 3. The van der Waals surface area contributed by atoms with E-state index in [1.165, 1.54) is 12.1 Å². The molecule has 0 unspecified atom stereocenters. The van der Waals surface area contributed by atoms with Crippen LogP contribution in [0, 0.1) is 17.2 Å². The van der Waals surface area contributed by atoms with E-state index in [0.29, 0.717) is 24.6 Å². The minimum atomic E-state index is -3.39. The normalized spacial score (nSPS) is 18.1. The third kappa shape index (κ3) is 2.96. The Balaban J connectivity index is 2.16. The first-order chi connectivity index (χ1) is 9.07. The molecule has 4 nitrogen and oxygen atoms in total. The lowest BCUT2D eigenvalue weighted by Crippen LogP contribution is -2.38. The van der Waals surface area contributed by atoms with Gasteiger partial charge in [0.25, 0.3) is 0 Å². The van der Waals surface area contributed by atoms with Gasteiger partial charge in [0, 0.05) is 13.1 Å². The summed E-state index contributed by atoms with van der Waals surface area (Å²) in [7, 11) is -3.39. The molecule has 1 heterocycles. The minimum Gasteiger partial charge on any atom is -0.207 e. The van der Waals surface area contributed by atoms with Crippen LogP contribution in [-0.4, -0.2) is 25.8 Å². The van der Waals surface area contributed by atoms with Gasteiger partial charge in [0.2, 0.25) is 10.0 Å². The van der Waals surface area contributed by atoms with E-state index in [9.17, 15) is 8.42 Å². The van der Waals surface area contributed by atoms with Gasteiger partial charge in [0.1, 0.15) is 0 Å². The Bertz CT molecular complexity index is 564. The predicted octanol–water partition coefficient (Wildman–Crippen LogP) is 2.37. The summed E-state index contributed by atoms with van der Waals surface area (Å²) >= 11 is 0. The molecule has 102 valence electrons. The zero-order valence-electron chi connectivity index (χ0n) is 11.0. The maximum Gasteiger partial charge on any atom is 0.243 e. The van der Waals surface area contributed by atoms with Gasteiger partial charge in [-0.05, 0) is 43.0 Å². The highest BCUT2D eigenvalue weighted by atomic mass is 32.2. The van der Waals surface area contributed by atoms with Gasteiger partial charge in [-0.25, -0.2) is 8.42 Å². The minimum absolute atomic E-state index is 0.279. The van der Waals surface area contributed by atoms with E-state index in [4.69, 9.17) is 5.26 Å². The third-order valence-corrected chi connectivity index (χ3v) is 5.68. The van der Waals surface area contributed by atoms with Crippen molar-refractivity contribution < 1.29 is 8.42 Å². The maximum absolute atomic E-state index is 12.4. The van der Waals surface area contributed by atoms with Gasteiger partial charge < -0.3 is 0 Å². The fourth-order valence-corrected chi connectivity index (χ4v) is 3.88. The topological polar surface area (TPSA) is 61.2 Å². The van der Waals surface area contributed by atoms with Crippen LogP contribution in [0.3, 0.4) is 0 Å². The number of nitrogens with zero attached hydrogens (tertiary/aromatic N) is 2. The molecule has 19 heavy (non-hydrogen) atoms. The van der Waals surface area contributed by atoms with Crippen LogP contribution in [0.2, 0.25) is 0 Å². The van der Waals surface area contributed by atoms with Gasteiger partial charge in [0.15, 0.2) is 0 Å². The van der Waals surface area contributed by atoms with Crippen molar-refractivity contribution in [3.8, 4) is 6.07 Å². The maximum atomic E-state index is 12.4. The van der Waals surface area contributed by atoms with Gasteiger partial charge in [-0.3, -0.25) is 0 Å². The molecule has 0 spiro atoms. The summed E-state index contributed by atoms with van der Waals surface area (Å²) < 4.78 is 26.4. The Morgan fingerprint density at radius 2 is 1.84 bits per heavy atom. The van der Waals surface area contributed by atoms with Gasteiger partial charge in [-0.1, -0.05) is 13.3 Å². The summed E-state index contributed by atoms with van der Waals surface area (Å²) in [6.45, 7) is 3.34. The predicted molar refractivity (Wildman–Crippen MR) is 72.9 cm³/mol. The van der Waals surface area contributed by atoms with Crippen molar-refractivity contribution in [2.45, 2.75) is 31.1 Å². The van der Waals surface area contributed by atoms with Crippen molar-refractivity contribution in [3.63, 3.8) is 0 Å². The monoisotopic (exact) mass is 278 g/mol. The molecule has 1 aliphatic heterocycles. The van der Waals surface area contributed by atoms with Crippen molar-refractivity contribution >= 4 is 10.0 Å². The van der Waals surface area contributed by atoms with Gasteiger partial charge in [-0.2, -0.15) is 9.57 Å². The van der Waals surface area contributed by atoms with Gasteiger partial charge in [0.05, 0.1) is 16.5 Å². The highest BCUT2D eigenvalue weighted by molar-refractivity contribution is 7.89. The van der Waals surface area contributed by atoms with Crippen LogP contribution in [0.5, 0.6) is 0 Å². The smallest absolute Gasteiger partial charge is 0.207 e. The second kappa shape index (κ2) is 5.72. The Kier molecular flexibility index (Phi) is 4.23. The third-order valence-electron chi connectivity index (χ3n) is 3.77. The fraction of sp³-hybridized carbons (Fsp3) is 0.500. The van der Waals surface area contributed by atoms with Gasteiger partial charge >= 0.3 is 0 Å². The molecule has 1 saturated heterocycles. The lowest BCUT2D eigenvalue weighted by molar-refractivity contribution is 0.269. The number of benzene rings is 1. The van der Waals surface area contributed by atoms with E-state index in [1.54, 1.807) is 16.4 Å². The molecule has 0 radical (unpaired) electrons. The van der Waals surface area contributed by atoms with Crippen molar-refractivity contribution in [3.05, 3.63) is 29.8 Å². The van der Waals surface area contributed by atoms with Crippen LogP contribution in [-0.2, 0) is 10.0 Å². The Morgan fingerprint density at radius 1 is 1.26 bits per heavy atom. The Hall–Kier alpha value is -1.38. The van der Waals surface area contributed by atoms with Crippen LogP contribution in [0.25, 0.3) is 0 Å². The Morgan fingerprint density at radius 3 is 2.32 bits per heavy atom. The summed E-state index contributed by atoms with van der Waals surface area (Å²) in [6, 6.07) is 8.11. The summed E-state index contributed by atoms with van der Waals surface area (Å²) in [5.74, 6) is 0.646. The lowest BCUT2D eigenvalue weighted by Gasteiger charge is -2.30. The molecule has 5 heteroatoms. The largest absolute Gasteiger partial charge is 0.243 e. The van der Waals surface area contributed by atoms with Crippen LogP contribution >= 0.6 is 0 Å².